The molecule has 1 aliphatic rings. The summed E-state index contributed by atoms with van der Waals surface area (Å²) in [4.78, 5) is 23.2. The van der Waals surface area contributed by atoms with Crippen LogP contribution in [0, 0.1) is 5.92 Å². The predicted molar refractivity (Wildman–Crippen MR) is 66.0 cm³/mol. The Balaban J connectivity index is 2.54. The summed E-state index contributed by atoms with van der Waals surface area (Å²) in [5.74, 6) is -2.78. The van der Waals surface area contributed by atoms with Crippen molar-refractivity contribution in [1.29, 1.82) is 0 Å². The van der Waals surface area contributed by atoms with Crippen molar-refractivity contribution in [1.82, 2.24) is 10.6 Å². The Labute approximate surface area is 118 Å². The van der Waals surface area contributed by atoms with Crippen molar-refractivity contribution in [3.8, 4) is 0 Å². The van der Waals surface area contributed by atoms with Crippen molar-refractivity contribution in [2.24, 2.45) is 5.92 Å². The molecule has 1 aromatic carbocycles. The normalized spacial score (nSPS) is 29.5. The number of nitrogens with one attached hydrogen (secondary N) is 2. The molecule has 1 fully saturated rings. The van der Waals surface area contributed by atoms with Gasteiger partial charge in [0.15, 0.2) is 0 Å². The van der Waals surface area contributed by atoms with Crippen LogP contribution in [-0.2, 0) is 4.79 Å². The largest absolute Gasteiger partial charge is 0.437 e. The molecule has 1 aromatic rings. The van der Waals surface area contributed by atoms with Crippen LogP contribution in [0.5, 0.6) is 0 Å². The number of carbonyl (C=O) groups is 2. The number of hydrogen-bond donors (Lipinski definition) is 3. The first-order valence-corrected chi connectivity index (χ1v) is 6.10. The molecule has 3 atom stereocenters. The van der Waals surface area contributed by atoms with Gasteiger partial charge in [0, 0.05) is 0 Å². The zero-order valence-corrected chi connectivity index (χ0v) is 10.9. The first kappa shape index (κ1) is 15.3. The summed E-state index contributed by atoms with van der Waals surface area (Å²) >= 11 is 0. The molecule has 0 radical (unpaired) electrons. The number of halogens is 3. The van der Waals surface area contributed by atoms with Gasteiger partial charge in [-0.3, -0.25) is 4.79 Å². The number of amides is 2. The first-order chi connectivity index (χ1) is 9.67. The van der Waals surface area contributed by atoms with Crippen molar-refractivity contribution >= 4 is 11.8 Å². The van der Waals surface area contributed by atoms with Gasteiger partial charge < -0.3 is 15.7 Å². The molecule has 2 amide bonds. The van der Waals surface area contributed by atoms with E-state index in [2.05, 4.69) is 5.32 Å². The third-order valence-electron chi connectivity index (χ3n) is 3.40. The lowest BCUT2D eigenvalue weighted by Gasteiger charge is -2.44. The number of rotatable bonds is 2. The number of hydrogen-bond acceptors (Lipinski definition) is 3. The molecular weight excluding hydrogens is 289 g/mol. The van der Waals surface area contributed by atoms with E-state index in [0.29, 0.717) is 5.56 Å². The SMILES string of the molecule is CC(=O)[C@@H]1[C@H](c2ccccc2)NC(=O)N[C@]1(O)C(F)(F)F. The Morgan fingerprint density at radius 2 is 1.86 bits per heavy atom. The molecule has 3 N–H and O–H groups in total. The smallest absolute Gasteiger partial charge is 0.363 e. The second kappa shape index (κ2) is 5.03. The second-order valence-corrected chi connectivity index (χ2v) is 4.84. The molecule has 1 aliphatic heterocycles. The minimum Gasteiger partial charge on any atom is -0.363 e. The number of ketones is 1. The van der Waals surface area contributed by atoms with Crippen LogP contribution in [0.3, 0.4) is 0 Å². The van der Waals surface area contributed by atoms with Crippen LogP contribution in [0.2, 0.25) is 0 Å². The van der Waals surface area contributed by atoms with Gasteiger partial charge >= 0.3 is 12.2 Å². The minimum absolute atomic E-state index is 0.301. The number of benzene rings is 1. The van der Waals surface area contributed by atoms with Gasteiger partial charge in [0.05, 0.1) is 12.0 Å². The summed E-state index contributed by atoms with van der Waals surface area (Å²) in [6.45, 7) is 0.941. The molecule has 114 valence electrons. The third-order valence-corrected chi connectivity index (χ3v) is 3.40. The highest BCUT2D eigenvalue weighted by atomic mass is 19.4. The van der Waals surface area contributed by atoms with Crippen LogP contribution in [0.25, 0.3) is 0 Å². The van der Waals surface area contributed by atoms with Gasteiger partial charge in [-0.15, -0.1) is 0 Å². The van der Waals surface area contributed by atoms with E-state index in [4.69, 9.17) is 0 Å². The molecule has 0 aromatic heterocycles. The second-order valence-electron chi connectivity index (χ2n) is 4.84. The van der Waals surface area contributed by atoms with Crippen molar-refractivity contribution in [3.63, 3.8) is 0 Å². The summed E-state index contributed by atoms with van der Waals surface area (Å²) in [7, 11) is 0. The molecule has 2 rings (SSSR count). The first-order valence-electron chi connectivity index (χ1n) is 6.10. The maximum Gasteiger partial charge on any atom is 0.437 e. The number of carbonyl (C=O) groups excluding carboxylic acids is 2. The molecule has 5 nitrogen and oxygen atoms in total. The fraction of sp³-hybridized carbons (Fsp3) is 0.385. The van der Waals surface area contributed by atoms with Gasteiger partial charge in [-0.05, 0) is 12.5 Å². The lowest BCUT2D eigenvalue weighted by Crippen LogP contribution is -2.72. The number of Topliss-reactive ketones (excluding diaryl/α,β-unsaturated/α-hetero) is 1. The van der Waals surface area contributed by atoms with E-state index < -0.39 is 35.7 Å². The van der Waals surface area contributed by atoms with E-state index in [0.717, 1.165) is 6.92 Å². The fourth-order valence-electron chi connectivity index (χ4n) is 2.46. The number of urea groups is 1. The zero-order chi connectivity index (χ0) is 15.8. The Kier molecular flexibility index (Phi) is 3.66. The van der Waals surface area contributed by atoms with Gasteiger partial charge in [-0.2, -0.15) is 13.2 Å². The topological polar surface area (TPSA) is 78.4 Å². The molecule has 0 unspecified atom stereocenters. The lowest BCUT2D eigenvalue weighted by molar-refractivity contribution is -0.290. The molecule has 1 saturated heterocycles. The molecular formula is C13H13F3N2O3. The Bertz CT molecular complexity index is 562. The summed E-state index contributed by atoms with van der Waals surface area (Å²) in [6, 6.07) is 5.25. The van der Waals surface area contributed by atoms with Crippen LogP contribution < -0.4 is 10.6 Å². The summed E-state index contributed by atoms with van der Waals surface area (Å²) in [6.07, 6.45) is -5.19. The summed E-state index contributed by atoms with van der Waals surface area (Å²) in [5, 5.41) is 13.6. The van der Waals surface area contributed by atoms with Crippen molar-refractivity contribution in [3.05, 3.63) is 35.9 Å². The van der Waals surface area contributed by atoms with Gasteiger partial charge in [0.2, 0.25) is 5.72 Å². The molecule has 21 heavy (non-hydrogen) atoms. The lowest BCUT2D eigenvalue weighted by atomic mass is 9.79. The Morgan fingerprint density at radius 3 is 2.33 bits per heavy atom. The monoisotopic (exact) mass is 302 g/mol. The van der Waals surface area contributed by atoms with Gasteiger partial charge in [0.25, 0.3) is 0 Å². The number of alkyl halides is 3. The van der Waals surface area contributed by atoms with Crippen LogP contribution in [0.4, 0.5) is 18.0 Å². The quantitative estimate of drug-likeness (QED) is 0.774. The van der Waals surface area contributed by atoms with E-state index in [-0.39, 0.29) is 0 Å². The highest BCUT2D eigenvalue weighted by molar-refractivity contribution is 5.86. The van der Waals surface area contributed by atoms with Crippen LogP contribution >= 0.6 is 0 Å². The van der Waals surface area contributed by atoms with Gasteiger partial charge in [0.1, 0.15) is 5.78 Å². The molecule has 0 saturated carbocycles. The van der Waals surface area contributed by atoms with Crippen molar-refractivity contribution < 1.29 is 27.9 Å². The highest BCUT2D eigenvalue weighted by Crippen LogP contribution is 2.42. The molecule has 1 heterocycles. The Morgan fingerprint density at radius 1 is 1.29 bits per heavy atom. The van der Waals surface area contributed by atoms with Crippen LogP contribution in [-0.4, -0.2) is 28.8 Å². The average Bonchev–Trinajstić information content (AvgIpc) is 2.37. The fourth-order valence-corrected chi connectivity index (χ4v) is 2.46. The zero-order valence-electron chi connectivity index (χ0n) is 10.9. The predicted octanol–water partition coefficient (Wildman–Crippen LogP) is 1.50. The summed E-state index contributed by atoms with van der Waals surface area (Å²) in [5.41, 5.74) is -3.31. The van der Waals surface area contributed by atoms with E-state index >= 15 is 0 Å². The van der Waals surface area contributed by atoms with E-state index in [1.54, 1.807) is 18.2 Å². The molecule has 8 heteroatoms. The Hall–Kier alpha value is -2.09. The average molecular weight is 302 g/mol. The molecule has 0 bridgehead atoms. The van der Waals surface area contributed by atoms with Gasteiger partial charge in [-0.1, -0.05) is 30.3 Å². The highest BCUT2D eigenvalue weighted by Gasteiger charge is 2.65. The maximum atomic E-state index is 13.2. The maximum absolute atomic E-state index is 13.2. The molecule has 0 aliphatic carbocycles. The third kappa shape index (κ3) is 2.58. The van der Waals surface area contributed by atoms with Crippen molar-refractivity contribution in [2.45, 2.75) is 24.9 Å². The minimum atomic E-state index is -5.19. The van der Waals surface area contributed by atoms with Crippen LogP contribution in [0.1, 0.15) is 18.5 Å². The standard InChI is InChI=1S/C13H13F3N2O3/c1-7(19)9-10(8-5-3-2-4-6-8)17-11(20)18-12(9,21)13(14,15)16/h2-6,9-10,21H,1H3,(H2,17,18,20)/t9-,10+,12-/m1/s1. The molecule has 0 spiro atoms. The number of aliphatic hydroxyl groups is 1. The van der Waals surface area contributed by atoms with Crippen LogP contribution in [0.15, 0.2) is 30.3 Å². The van der Waals surface area contributed by atoms with Crippen molar-refractivity contribution in [2.75, 3.05) is 0 Å². The van der Waals surface area contributed by atoms with Gasteiger partial charge in [-0.25, -0.2) is 4.79 Å². The van der Waals surface area contributed by atoms with E-state index in [1.165, 1.54) is 17.4 Å². The van der Waals surface area contributed by atoms with E-state index in [9.17, 15) is 27.9 Å². The van der Waals surface area contributed by atoms with E-state index in [1.807, 2.05) is 0 Å². The summed E-state index contributed by atoms with van der Waals surface area (Å²) < 4.78 is 39.5.